The molecule has 0 N–H and O–H groups in total. The van der Waals surface area contributed by atoms with E-state index in [4.69, 9.17) is 0 Å². The molecule has 0 amide bonds. The molecule has 13 rings (SSSR count). The summed E-state index contributed by atoms with van der Waals surface area (Å²) in [6.07, 6.45) is 5.68. The molecule has 4 aliphatic rings. The van der Waals surface area contributed by atoms with Gasteiger partial charge in [-0.05, 0) is 137 Å². The number of para-hydroxylation sites is 4. The van der Waals surface area contributed by atoms with Gasteiger partial charge in [0.25, 0.3) is 0 Å². The molecule has 8 aromatic carbocycles. The Morgan fingerprint density at radius 2 is 0.917 bits per heavy atom. The van der Waals surface area contributed by atoms with Gasteiger partial charge < -0.3 is 9.47 Å². The number of rotatable bonds is 8. The Labute approximate surface area is 352 Å². The van der Waals surface area contributed by atoms with Crippen molar-refractivity contribution in [1.82, 2.24) is 4.57 Å². The fourth-order valence-electron chi connectivity index (χ4n) is 13.1. The Balaban J connectivity index is 0.912. The van der Waals surface area contributed by atoms with Crippen LogP contribution in [-0.4, -0.2) is 4.57 Å². The average molecular weight is 771 g/mol. The summed E-state index contributed by atoms with van der Waals surface area (Å²) < 4.78 is 2.45. The summed E-state index contributed by atoms with van der Waals surface area (Å²) in [6, 6.07) is 74.3. The van der Waals surface area contributed by atoms with Gasteiger partial charge in [-0.2, -0.15) is 0 Å². The van der Waals surface area contributed by atoms with Crippen LogP contribution >= 0.6 is 0 Å². The maximum absolute atomic E-state index is 2.56. The van der Waals surface area contributed by atoms with E-state index in [1.165, 1.54) is 104 Å². The third-order valence-corrected chi connectivity index (χ3v) is 15.4. The van der Waals surface area contributed by atoms with Crippen LogP contribution in [0.15, 0.2) is 200 Å². The van der Waals surface area contributed by atoms with Crippen LogP contribution in [0, 0.1) is 29.6 Å². The first-order valence-corrected chi connectivity index (χ1v) is 22.1. The van der Waals surface area contributed by atoms with Gasteiger partial charge in [0.1, 0.15) is 0 Å². The van der Waals surface area contributed by atoms with Crippen molar-refractivity contribution in [1.29, 1.82) is 0 Å². The highest BCUT2D eigenvalue weighted by Gasteiger charge is 2.73. The summed E-state index contributed by atoms with van der Waals surface area (Å²) >= 11 is 0. The van der Waals surface area contributed by atoms with Crippen LogP contribution in [0.2, 0.25) is 0 Å². The summed E-state index contributed by atoms with van der Waals surface area (Å²) in [5.41, 5.74) is 16.7. The Hall–Kier alpha value is -6.64. The number of anilines is 3. The molecular formula is C58H46N2. The molecule has 2 heteroatoms. The minimum absolute atomic E-state index is 0.307. The molecule has 0 saturated heterocycles. The Bertz CT molecular complexity index is 3010. The standard InChI is InChI=1S/C58H46N2/c1-2-12-38(13-3-1)39-22-24-40(25-23-39)41-26-30-46(31-27-41)59(55-21-11-7-17-51(55)58-36-44-34-43-35-45(37-58)57(58)56(43)44)47-32-28-42(29-33-47)48-14-4-8-18-52(48)60-53-19-9-5-15-49(53)50-16-6-10-20-54(50)60/h1-33,43-45,56-57H,34-37H2/t43-,44?,45?,56+,57?,58-/m1/s1. The second kappa shape index (κ2) is 13.2. The van der Waals surface area contributed by atoms with Crippen molar-refractivity contribution >= 4 is 38.9 Å². The lowest BCUT2D eigenvalue weighted by Gasteiger charge is -2.52. The van der Waals surface area contributed by atoms with Gasteiger partial charge >= 0.3 is 0 Å². The normalized spacial score (nSPS) is 23.3. The van der Waals surface area contributed by atoms with Gasteiger partial charge in [-0.3, -0.25) is 0 Å². The maximum atomic E-state index is 2.56. The third kappa shape index (κ3) is 5.00. The number of benzene rings is 8. The van der Waals surface area contributed by atoms with E-state index in [2.05, 4.69) is 210 Å². The van der Waals surface area contributed by atoms with Crippen molar-refractivity contribution in [3.63, 3.8) is 0 Å². The van der Waals surface area contributed by atoms with E-state index in [1.807, 2.05) is 0 Å². The highest BCUT2D eigenvalue weighted by molar-refractivity contribution is 6.09. The molecule has 4 fully saturated rings. The molecule has 6 atom stereocenters. The summed E-state index contributed by atoms with van der Waals surface area (Å²) in [7, 11) is 0. The maximum Gasteiger partial charge on any atom is 0.0541 e. The first kappa shape index (κ1) is 34.2. The van der Waals surface area contributed by atoms with Crippen molar-refractivity contribution in [3.8, 4) is 39.1 Å². The second-order valence-electron chi connectivity index (χ2n) is 18.2. The molecule has 1 aromatic heterocycles. The highest BCUT2D eigenvalue weighted by Crippen LogP contribution is 2.79. The smallest absolute Gasteiger partial charge is 0.0541 e. The monoisotopic (exact) mass is 770 g/mol. The molecule has 4 aliphatic carbocycles. The molecule has 3 unspecified atom stereocenters. The van der Waals surface area contributed by atoms with Crippen LogP contribution in [0.5, 0.6) is 0 Å². The molecule has 60 heavy (non-hydrogen) atoms. The lowest BCUT2D eigenvalue weighted by molar-refractivity contribution is 0.0688. The molecular weight excluding hydrogens is 725 g/mol. The molecule has 1 heterocycles. The van der Waals surface area contributed by atoms with Crippen molar-refractivity contribution in [2.45, 2.75) is 31.1 Å². The van der Waals surface area contributed by atoms with Crippen LogP contribution in [0.25, 0.3) is 60.9 Å². The minimum atomic E-state index is 0.307. The van der Waals surface area contributed by atoms with Gasteiger partial charge in [-0.25, -0.2) is 0 Å². The van der Waals surface area contributed by atoms with Gasteiger partial charge in [-0.1, -0.05) is 152 Å². The number of fused-ring (bicyclic) bond motifs is 3. The van der Waals surface area contributed by atoms with Crippen LogP contribution in [0.1, 0.15) is 31.2 Å². The zero-order valence-electron chi connectivity index (χ0n) is 33.7. The number of hydrogen-bond donors (Lipinski definition) is 0. The molecule has 288 valence electrons. The minimum Gasteiger partial charge on any atom is -0.310 e. The molecule has 9 aromatic rings. The van der Waals surface area contributed by atoms with E-state index < -0.39 is 0 Å². The van der Waals surface area contributed by atoms with E-state index >= 15 is 0 Å². The second-order valence-corrected chi connectivity index (χ2v) is 18.2. The van der Waals surface area contributed by atoms with Gasteiger partial charge in [0, 0.05) is 38.8 Å². The molecule has 4 saturated carbocycles. The van der Waals surface area contributed by atoms with Gasteiger partial charge in [0.15, 0.2) is 0 Å². The fourth-order valence-corrected chi connectivity index (χ4v) is 13.1. The first-order chi connectivity index (χ1) is 29.7. The summed E-state index contributed by atoms with van der Waals surface area (Å²) in [4.78, 5) is 2.56. The zero-order chi connectivity index (χ0) is 39.4. The van der Waals surface area contributed by atoms with Crippen LogP contribution in [0.3, 0.4) is 0 Å². The Morgan fingerprint density at radius 3 is 1.60 bits per heavy atom. The number of aromatic nitrogens is 1. The van der Waals surface area contributed by atoms with E-state index in [1.54, 1.807) is 5.56 Å². The van der Waals surface area contributed by atoms with Crippen LogP contribution in [-0.2, 0) is 5.41 Å². The van der Waals surface area contributed by atoms with Gasteiger partial charge in [0.05, 0.1) is 16.7 Å². The third-order valence-electron chi connectivity index (χ3n) is 15.4. The van der Waals surface area contributed by atoms with Crippen molar-refractivity contribution in [3.05, 3.63) is 206 Å². The van der Waals surface area contributed by atoms with Crippen molar-refractivity contribution in [2.75, 3.05) is 4.90 Å². The Kier molecular flexibility index (Phi) is 7.52. The zero-order valence-corrected chi connectivity index (χ0v) is 33.7. The molecule has 0 radical (unpaired) electrons. The summed E-state index contributed by atoms with van der Waals surface area (Å²) in [5.74, 6) is 4.67. The fraction of sp³-hybridized carbons (Fsp3) is 0.172. The van der Waals surface area contributed by atoms with Crippen LogP contribution < -0.4 is 4.90 Å². The lowest BCUT2D eigenvalue weighted by Crippen LogP contribution is -2.47. The summed E-state index contributed by atoms with van der Waals surface area (Å²) in [6.45, 7) is 0. The molecule has 0 spiro atoms. The summed E-state index contributed by atoms with van der Waals surface area (Å²) in [5, 5.41) is 2.56. The van der Waals surface area contributed by atoms with Crippen molar-refractivity contribution in [2.24, 2.45) is 29.6 Å². The van der Waals surface area contributed by atoms with E-state index in [0.717, 1.165) is 29.6 Å². The van der Waals surface area contributed by atoms with Crippen LogP contribution in [0.4, 0.5) is 17.1 Å². The van der Waals surface area contributed by atoms with Gasteiger partial charge in [0.2, 0.25) is 0 Å². The first-order valence-electron chi connectivity index (χ1n) is 22.1. The molecule has 0 bridgehead atoms. The highest BCUT2D eigenvalue weighted by atomic mass is 15.1. The van der Waals surface area contributed by atoms with E-state index in [-0.39, 0.29) is 0 Å². The predicted molar refractivity (Wildman–Crippen MR) is 249 cm³/mol. The van der Waals surface area contributed by atoms with Crippen molar-refractivity contribution < 1.29 is 0 Å². The molecule has 0 aliphatic heterocycles. The SMILES string of the molecule is c1ccc(-c2ccc(-c3ccc(N(c4ccc(-c5ccccc5-n5c6ccccc6c6ccccc65)cc4)c4ccccc4[C@]45CC6C[C@H]7CC(C4)[C@H]7C65)cc3)cc2)cc1. The number of hydrogen-bond acceptors (Lipinski definition) is 1. The quantitative estimate of drug-likeness (QED) is 0.149. The lowest BCUT2D eigenvalue weighted by atomic mass is 9.53. The Morgan fingerprint density at radius 1 is 0.417 bits per heavy atom. The molecule has 2 nitrogen and oxygen atoms in total. The largest absolute Gasteiger partial charge is 0.310 e. The van der Waals surface area contributed by atoms with Gasteiger partial charge in [-0.15, -0.1) is 0 Å². The van der Waals surface area contributed by atoms with E-state index in [0.29, 0.717) is 5.41 Å². The van der Waals surface area contributed by atoms with E-state index in [9.17, 15) is 0 Å². The average Bonchev–Trinajstić information content (AvgIpc) is 3.83. The topological polar surface area (TPSA) is 8.17 Å². The number of nitrogens with zero attached hydrogens (tertiary/aromatic N) is 2. The predicted octanol–water partition coefficient (Wildman–Crippen LogP) is 15.2.